The lowest BCUT2D eigenvalue weighted by Crippen LogP contribution is -2.07. The van der Waals surface area contributed by atoms with Crippen LogP contribution in [0.2, 0.25) is 5.02 Å². The molecule has 0 saturated carbocycles. The standard InChI is InChI=1S/C17H20ClN4/c1-5-6-11(2)15-12(3)20-21(4)17(15)22-8-7-13-9-14(18)10-19-16(13)22/h7-11H,2,5-6H2,1,3-4H3. The van der Waals surface area contributed by atoms with Gasteiger partial charge in [-0.25, -0.2) is 4.98 Å². The Kier molecular flexibility index (Phi) is 3.96. The molecule has 0 aliphatic carbocycles. The smallest absolute Gasteiger partial charge is 0.145 e. The summed E-state index contributed by atoms with van der Waals surface area (Å²) in [6.07, 6.45) is 5.84. The maximum Gasteiger partial charge on any atom is 0.145 e. The first-order chi connectivity index (χ1) is 10.5. The molecule has 1 radical (unpaired) electrons. The van der Waals surface area contributed by atoms with Gasteiger partial charge in [-0.15, -0.1) is 0 Å². The van der Waals surface area contributed by atoms with Crippen LogP contribution in [0.15, 0.2) is 24.5 Å². The van der Waals surface area contributed by atoms with Crippen LogP contribution in [0, 0.1) is 13.8 Å². The lowest BCUT2D eigenvalue weighted by atomic mass is 9.96. The summed E-state index contributed by atoms with van der Waals surface area (Å²) in [4.78, 5) is 4.48. The molecule has 3 aromatic rings. The third kappa shape index (κ3) is 2.41. The van der Waals surface area contributed by atoms with Gasteiger partial charge in [0.15, 0.2) is 0 Å². The number of hydrogen-bond donors (Lipinski definition) is 0. The van der Waals surface area contributed by atoms with Gasteiger partial charge in [-0.2, -0.15) is 5.10 Å². The van der Waals surface area contributed by atoms with Gasteiger partial charge in [-0.05, 0) is 38.3 Å². The summed E-state index contributed by atoms with van der Waals surface area (Å²) in [5, 5.41) is 6.26. The first kappa shape index (κ1) is 15.1. The highest BCUT2D eigenvalue weighted by atomic mass is 35.5. The van der Waals surface area contributed by atoms with Crippen LogP contribution in [0.4, 0.5) is 0 Å². The predicted molar refractivity (Wildman–Crippen MR) is 90.6 cm³/mol. The fourth-order valence-electron chi connectivity index (χ4n) is 3.09. The Hall–Kier alpha value is -1.81. The molecular weight excluding hydrogens is 296 g/mol. The highest BCUT2D eigenvalue weighted by molar-refractivity contribution is 6.31. The van der Waals surface area contributed by atoms with Gasteiger partial charge in [0.1, 0.15) is 11.5 Å². The molecule has 4 nitrogen and oxygen atoms in total. The second kappa shape index (κ2) is 5.76. The van der Waals surface area contributed by atoms with Crippen molar-refractivity contribution in [3.8, 4) is 5.82 Å². The molecule has 1 atom stereocenters. The Morgan fingerprint density at radius 2 is 2.18 bits per heavy atom. The highest BCUT2D eigenvalue weighted by Crippen LogP contribution is 2.31. The molecule has 5 heteroatoms. The van der Waals surface area contributed by atoms with Crippen molar-refractivity contribution in [2.75, 3.05) is 0 Å². The minimum atomic E-state index is 0.221. The monoisotopic (exact) mass is 315 g/mol. The van der Waals surface area contributed by atoms with E-state index in [4.69, 9.17) is 11.6 Å². The first-order valence-corrected chi connectivity index (χ1v) is 7.90. The summed E-state index contributed by atoms with van der Waals surface area (Å²) in [7, 11) is 1.96. The van der Waals surface area contributed by atoms with Gasteiger partial charge in [0.2, 0.25) is 0 Å². The normalized spacial score (nSPS) is 13.0. The van der Waals surface area contributed by atoms with Gasteiger partial charge >= 0.3 is 0 Å². The van der Waals surface area contributed by atoms with Gasteiger partial charge in [-0.3, -0.25) is 9.25 Å². The van der Waals surface area contributed by atoms with Crippen molar-refractivity contribution in [3.05, 3.63) is 47.7 Å². The summed E-state index contributed by atoms with van der Waals surface area (Å²) in [6.45, 7) is 8.55. The summed E-state index contributed by atoms with van der Waals surface area (Å²) >= 11 is 6.03. The minimum Gasteiger partial charge on any atom is -0.285 e. The molecule has 0 bridgehead atoms. The molecular formula is C17H20ClN4. The number of aromatic nitrogens is 4. The summed E-state index contributed by atoms with van der Waals surface area (Å²) in [5.41, 5.74) is 3.11. The Bertz CT molecular complexity index is 816. The molecule has 0 aromatic carbocycles. The molecule has 3 heterocycles. The number of rotatable bonds is 4. The number of pyridine rings is 1. The summed E-state index contributed by atoms with van der Waals surface area (Å²) in [6, 6.07) is 3.95. The van der Waals surface area contributed by atoms with Crippen LogP contribution in [0.1, 0.15) is 36.9 Å². The van der Waals surface area contributed by atoms with Crippen LogP contribution < -0.4 is 0 Å². The van der Waals surface area contributed by atoms with E-state index < -0.39 is 0 Å². The third-order valence-corrected chi connectivity index (χ3v) is 4.21. The predicted octanol–water partition coefficient (Wildman–Crippen LogP) is 4.44. The fraction of sp³-hybridized carbons (Fsp3) is 0.353. The molecule has 22 heavy (non-hydrogen) atoms. The van der Waals surface area contributed by atoms with E-state index in [-0.39, 0.29) is 5.92 Å². The van der Waals surface area contributed by atoms with Crippen molar-refractivity contribution < 1.29 is 0 Å². The molecule has 0 N–H and O–H groups in total. The molecule has 0 spiro atoms. The van der Waals surface area contributed by atoms with Crippen molar-refractivity contribution in [1.82, 2.24) is 19.3 Å². The van der Waals surface area contributed by atoms with E-state index in [1.165, 1.54) is 5.56 Å². The third-order valence-electron chi connectivity index (χ3n) is 4.00. The van der Waals surface area contributed by atoms with Gasteiger partial charge in [0.25, 0.3) is 0 Å². The Morgan fingerprint density at radius 1 is 1.41 bits per heavy atom. The number of halogens is 1. The maximum atomic E-state index is 6.03. The largest absolute Gasteiger partial charge is 0.285 e. The maximum absolute atomic E-state index is 6.03. The molecule has 115 valence electrons. The number of fused-ring (bicyclic) bond motifs is 1. The summed E-state index contributed by atoms with van der Waals surface area (Å²) < 4.78 is 3.99. The van der Waals surface area contributed by atoms with Crippen molar-refractivity contribution in [1.29, 1.82) is 0 Å². The van der Waals surface area contributed by atoms with E-state index in [1.54, 1.807) is 6.20 Å². The number of nitrogens with zero attached hydrogens (tertiary/aromatic N) is 4. The van der Waals surface area contributed by atoms with Crippen LogP contribution in [0.25, 0.3) is 16.9 Å². The van der Waals surface area contributed by atoms with Crippen LogP contribution >= 0.6 is 11.6 Å². The zero-order valence-electron chi connectivity index (χ0n) is 13.2. The van der Waals surface area contributed by atoms with Crippen molar-refractivity contribution in [2.24, 2.45) is 7.05 Å². The van der Waals surface area contributed by atoms with E-state index in [9.17, 15) is 0 Å². The quantitative estimate of drug-likeness (QED) is 0.713. The van der Waals surface area contributed by atoms with E-state index in [1.807, 2.05) is 37.0 Å². The van der Waals surface area contributed by atoms with E-state index in [0.29, 0.717) is 5.02 Å². The molecule has 0 saturated heterocycles. The van der Waals surface area contributed by atoms with Gasteiger partial charge in [0, 0.05) is 30.4 Å². The minimum absolute atomic E-state index is 0.221. The molecule has 0 aliphatic rings. The van der Waals surface area contributed by atoms with Crippen LogP contribution in [-0.2, 0) is 7.05 Å². The van der Waals surface area contributed by atoms with Crippen LogP contribution in [0.3, 0.4) is 0 Å². The van der Waals surface area contributed by atoms with Gasteiger partial charge in [0.05, 0.1) is 10.7 Å². The van der Waals surface area contributed by atoms with E-state index >= 15 is 0 Å². The molecule has 1 unspecified atom stereocenters. The lowest BCUT2D eigenvalue weighted by molar-refractivity contribution is 0.698. The highest BCUT2D eigenvalue weighted by Gasteiger charge is 2.21. The molecule has 3 aromatic heterocycles. The van der Waals surface area contributed by atoms with Crippen molar-refractivity contribution in [3.63, 3.8) is 0 Å². The summed E-state index contributed by atoms with van der Waals surface area (Å²) in [5.74, 6) is 1.26. The fourth-order valence-corrected chi connectivity index (χ4v) is 3.25. The Labute approximate surface area is 135 Å². The average molecular weight is 316 g/mol. The van der Waals surface area contributed by atoms with Crippen LogP contribution in [0.5, 0.6) is 0 Å². The van der Waals surface area contributed by atoms with Gasteiger partial charge in [-0.1, -0.05) is 24.9 Å². The molecule has 0 amide bonds. The van der Waals surface area contributed by atoms with E-state index in [2.05, 4.69) is 28.5 Å². The van der Waals surface area contributed by atoms with Crippen molar-refractivity contribution in [2.45, 2.75) is 32.6 Å². The number of aryl methyl sites for hydroxylation is 2. The topological polar surface area (TPSA) is 35.6 Å². The zero-order chi connectivity index (χ0) is 15.9. The van der Waals surface area contributed by atoms with E-state index in [0.717, 1.165) is 35.4 Å². The molecule has 0 aliphatic heterocycles. The Balaban J connectivity index is 2.22. The first-order valence-electron chi connectivity index (χ1n) is 7.52. The average Bonchev–Trinajstić information content (AvgIpc) is 2.98. The van der Waals surface area contributed by atoms with Crippen LogP contribution in [-0.4, -0.2) is 19.3 Å². The Morgan fingerprint density at radius 3 is 2.91 bits per heavy atom. The SMILES string of the molecule is [CH2]C(CCC)c1c(C)nn(C)c1-n1ccc2cc(Cl)cnc21. The zero-order valence-corrected chi connectivity index (χ0v) is 13.9. The second-order valence-electron chi connectivity index (χ2n) is 5.68. The van der Waals surface area contributed by atoms with Gasteiger partial charge < -0.3 is 0 Å². The number of hydrogen-bond acceptors (Lipinski definition) is 2. The van der Waals surface area contributed by atoms with Crippen molar-refractivity contribution >= 4 is 22.6 Å². The lowest BCUT2D eigenvalue weighted by Gasteiger charge is -2.14. The molecule has 0 fully saturated rings. The molecule has 3 rings (SSSR count). The second-order valence-corrected chi connectivity index (χ2v) is 6.12.